The lowest BCUT2D eigenvalue weighted by atomic mass is 10.2. The Kier molecular flexibility index (Phi) is 6.85. The molecule has 1 saturated heterocycles. The number of hydrogen-bond donors (Lipinski definition) is 3. The second kappa shape index (κ2) is 9.37. The molecule has 0 radical (unpaired) electrons. The van der Waals surface area contributed by atoms with Gasteiger partial charge in [-0.25, -0.2) is 12.8 Å². The zero-order chi connectivity index (χ0) is 21.7. The number of ether oxygens (including phenoxy) is 1. The first-order valence-electron chi connectivity index (χ1n) is 9.10. The lowest BCUT2D eigenvalue weighted by molar-refractivity contribution is -0.124. The van der Waals surface area contributed by atoms with E-state index >= 15 is 0 Å². The lowest BCUT2D eigenvalue weighted by Gasteiger charge is -2.24. The molecule has 160 valence electrons. The Morgan fingerprint density at radius 1 is 1.17 bits per heavy atom. The molecule has 0 saturated carbocycles. The van der Waals surface area contributed by atoms with Crippen molar-refractivity contribution in [2.45, 2.75) is 23.8 Å². The number of thiocarbonyl (C=S) groups is 1. The van der Waals surface area contributed by atoms with Gasteiger partial charge in [0.2, 0.25) is 10.0 Å². The summed E-state index contributed by atoms with van der Waals surface area (Å²) in [6.45, 7) is 0.227. The molecule has 0 bridgehead atoms. The SMILES string of the molecule is COc1ccc(S(=O)(=O)N2CCC[C@H]2C(=O)NNC(=S)Nc2ccccc2F)cc1. The fraction of sp³-hybridized carbons (Fsp3) is 0.263. The summed E-state index contributed by atoms with van der Waals surface area (Å²) in [5.74, 6) is -0.521. The summed E-state index contributed by atoms with van der Waals surface area (Å²) in [5, 5.41) is 2.59. The van der Waals surface area contributed by atoms with Crippen LogP contribution in [-0.4, -0.2) is 43.4 Å². The monoisotopic (exact) mass is 452 g/mol. The molecule has 1 amide bonds. The number of amides is 1. The van der Waals surface area contributed by atoms with Gasteiger partial charge >= 0.3 is 0 Å². The summed E-state index contributed by atoms with van der Waals surface area (Å²) in [4.78, 5) is 12.7. The number of benzene rings is 2. The number of carbonyl (C=O) groups excluding carboxylic acids is 1. The van der Waals surface area contributed by atoms with Crippen LogP contribution in [0.2, 0.25) is 0 Å². The molecule has 0 aromatic heterocycles. The van der Waals surface area contributed by atoms with E-state index in [9.17, 15) is 17.6 Å². The molecule has 11 heteroatoms. The molecule has 1 aliphatic rings. The number of nitrogens with zero attached hydrogens (tertiary/aromatic N) is 1. The van der Waals surface area contributed by atoms with Crippen LogP contribution in [0.25, 0.3) is 0 Å². The Hall–Kier alpha value is -2.76. The summed E-state index contributed by atoms with van der Waals surface area (Å²) in [6.07, 6.45) is 0.918. The standard InChI is InChI=1S/C19H21FN4O4S2/c1-28-13-8-10-14(11-9-13)30(26,27)24-12-4-7-17(24)18(25)22-23-19(29)21-16-6-3-2-5-15(16)20/h2-3,5-6,8-11,17H,4,7,12H2,1H3,(H,22,25)(H2,21,23,29)/t17-/m0/s1. The summed E-state index contributed by atoms with van der Waals surface area (Å²) >= 11 is 5.04. The highest BCUT2D eigenvalue weighted by Crippen LogP contribution is 2.27. The number of hydrogen-bond acceptors (Lipinski definition) is 5. The van der Waals surface area contributed by atoms with Gasteiger partial charge in [-0.3, -0.25) is 15.6 Å². The van der Waals surface area contributed by atoms with Crippen molar-refractivity contribution >= 4 is 38.9 Å². The number of sulfonamides is 1. The van der Waals surface area contributed by atoms with Crippen molar-refractivity contribution in [1.82, 2.24) is 15.2 Å². The second-order valence-corrected chi connectivity index (χ2v) is 8.80. The van der Waals surface area contributed by atoms with Crippen LogP contribution in [-0.2, 0) is 14.8 Å². The quantitative estimate of drug-likeness (QED) is 0.471. The summed E-state index contributed by atoms with van der Waals surface area (Å²) < 4.78 is 45.8. The van der Waals surface area contributed by atoms with E-state index in [1.807, 2.05) is 0 Å². The second-order valence-electron chi connectivity index (χ2n) is 6.50. The van der Waals surface area contributed by atoms with Gasteiger partial charge < -0.3 is 10.1 Å². The van der Waals surface area contributed by atoms with Gasteiger partial charge in [0, 0.05) is 6.54 Å². The third-order valence-electron chi connectivity index (χ3n) is 4.59. The fourth-order valence-corrected chi connectivity index (χ4v) is 4.91. The third-order valence-corrected chi connectivity index (χ3v) is 6.72. The number of hydrazine groups is 1. The molecule has 2 aromatic rings. The topological polar surface area (TPSA) is 99.8 Å². The molecular weight excluding hydrogens is 431 g/mol. The highest BCUT2D eigenvalue weighted by molar-refractivity contribution is 7.89. The van der Waals surface area contributed by atoms with Crippen molar-refractivity contribution in [3.05, 3.63) is 54.3 Å². The summed E-state index contributed by atoms with van der Waals surface area (Å²) in [7, 11) is -2.37. The minimum atomic E-state index is -3.86. The van der Waals surface area contributed by atoms with Crippen molar-refractivity contribution in [1.29, 1.82) is 0 Å². The van der Waals surface area contributed by atoms with E-state index in [1.54, 1.807) is 18.2 Å². The number of para-hydroxylation sites is 1. The molecule has 30 heavy (non-hydrogen) atoms. The number of halogens is 1. The first kappa shape index (κ1) is 21.9. The molecule has 1 aliphatic heterocycles. The largest absolute Gasteiger partial charge is 0.497 e. The van der Waals surface area contributed by atoms with Gasteiger partial charge in [-0.2, -0.15) is 4.31 Å². The summed E-state index contributed by atoms with van der Waals surface area (Å²) in [6, 6.07) is 11.0. The maximum absolute atomic E-state index is 13.7. The number of carbonyl (C=O) groups is 1. The lowest BCUT2D eigenvalue weighted by Crippen LogP contribution is -2.52. The van der Waals surface area contributed by atoms with Gasteiger partial charge in [0.15, 0.2) is 5.11 Å². The van der Waals surface area contributed by atoms with Gasteiger partial charge in [-0.15, -0.1) is 0 Å². The van der Waals surface area contributed by atoms with Crippen LogP contribution in [0.4, 0.5) is 10.1 Å². The zero-order valence-corrected chi connectivity index (χ0v) is 17.7. The Labute approximate surface area is 179 Å². The Balaban J connectivity index is 1.63. The molecular formula is C19H21FN4O4S2. The molecule has 1 fully saturated rings. The predicted molar refractivity (Wildman–Crippen MR) is 114 cm³/mol. The fourth-order valence-electron chi connectivity index (χ4n) is 3.09. The van der Waals surface area contributed by atoms with Crippen LogP contribution in [0.1, 0.15) is 12.8 Å². The maximum atomic E-state index is 13.7. The number of nitrogens with one attached hydrogen (secondary N) is 3. The van der Waals surface area contributed by atoms with Crippen LogP contribution >= 0.6 is 12.2 Å². The number of rotatable bonds is 5. The Morgan fingerprint density at radius 3 is 2.53 bits per heavy atom. The van der Waals surface area contributed by atoms with E-state index < -0.39 is 27.8 Å². The summed E-state index contributed by atoms with van der Waals surface area (Å²) in [5.41, 5.74) is 5.02. The van der Waals surface area contributed by atoms with Gasteiger partial charge in [0.05, 0.1) is 17.7 Å². The third kappa shape index (κ3) is 4.86. The molecule has 0 spiro atoms. The molecule has 3 N–H and O–H groups in total. The number of anilines is 1. The zero-order valence-electron chi connectivity index (χ0n) is 16.1. The minimum absolute atomic E-state index is 0.0315. The van der Waals surface area contributed by atoms with Crippen LogP contribution in [0, 0.1) is 5.82 Å². The minimum Gasteiger partial charge on any atom is -0.497 e. The normalized spacial score (nSPS) is 16.7. The van der Waals surface area contributed by atoms with E-state index in [1.165, 1.54) is 41.7 Å². The van der Waals surface area contributed by atoms with Crippen LogP contribution in [0.5, 0.6) is 5.75 Å². The highest BCUT2D eigenvalue weighted by atomic mass is 32.2. The first-order chi connectivity index (χ1) is 14.3. The van der Waals surface area contributed by atoms with Gasteiger partial charge in [0.1, 0.15) is 17.6 Å². The van der Waals surface area contributed by atoms with Gasteiger partial charge in [0.25, 0.3) is 5.91 Å². The van der Waals surface area contributed by atoms with Crippen LogP contribution < -0.4 is 20.9 Å². The molecule has 3 rings (SSSR count). The number of methoxy groups -OCH3 is 1. The molecule has 1 atom stereocenters. The predicted octanol–water partition coefficient (Wildman–Crippen LogP) is 2.01. The molecule has 8 nitrogen and oxygen atoms in total. The van der Waals surface area contributed by atoms with Crippen LogP contribution in [0.3, 0.4) is 0 Å². The average Bonchev–Trinajstić information content (AvgIpc) is 3.25. The molecule has 0 unspecified atom stereocenters. The first-order valence-corrected chi connectivity index (χ1v) is 10.9. The smallest absolute Gasteiger partial charge is 0.256 e. The molecule has 0 aliphatic carbocycles. The van der Waals surface area contributed by atoms with Crippen molar-refractivity contribution in [2.75, 3.05) is 19.0 Å². The van der Waals surface area contributed by atoms with Crippen molar-refractivity contribution in [2.24, 2.45) is 0 Å². The van der Waals surface area contributed by atoms with E-state index in [4.69, 9.17) is 17.0 Å². The van der Waals surface area contributed by atoms with E-state index in [0.29, 0.717) is 18.6 Å². The Morgan fingerprint density at radius 2 is 1.87 bits per heavy atom. The van der Waals surface area contributed by atoms with Gasteiger partial charge in [-0.1, -0.05) is 12.1 Å². The van der Waals surface area contributed by atoms with Crippen molar-refractivity contribution in [3.8, 4) is 5.75 Å². The maximum Gasteiger partial charge on any atom is 0.256 e. The van der Waals surface area contributed by atoms with E-state index in [2.05, 4.69) is 16.2 Å². The van der Waals surface area contributed by atoms with E-state index in [-0.39, 0.29) is 22.2 Å². The highest BCUT2D eigenvalue weighted by Gasteiger charge is 2.39. The van der Waals surface area contributed by atoms with E-state index in [0.717, 1.165) is 0 Å². The Bertz CT molecular complexity index is 1030. The molecule has 2 aromatic carbocycles. The average molecular weight is 453 g/mol. The van der Waals surface area contributed by atoms with Gasteiger partial charge in [-0.05, 0) is 61.5 Å². The van der Waals surface area contributed by atoms with Crippen LogP contribution in [0.15, 0.2) is 53.4 Å². The van der Waals surface area contributed by atoms with Crippen molar-refractivity contribution in [3.63, 3.8) is 0 Å². The van der Waals surface area contributed by atoms with Crippen molar-refractivity contribution < 1.29 is 22.3 Å². The molecule has 1 heterocycles.